The maximum Gasteiger partial charge on any atom is 0.148 e. The molecule has 1 N–H and O–H groups in total. The average Bonchev–Trinajstić information content (AvgIpc) is 2.84. The molecule has 0 aliphatic heterocycles. The molecule has 1 saturated carbocycles. The van der Waals surface area contributed by atoms with Crippen molar-refractivity contribution in [3.8, 4) is 6.07 Å². The Morgan fingerprint density at radius 1 is 1.31 bits per heavy atom. The molecule has 4 nitrogen and oxygen atoms in total. The standard InChI is InChI=1S/C12H16N4/c13-8-3-9-14-12-7-6-11(15-16-12)10-4-1-2-5-10/h6-7,10H,1-5,9H2,(H,14,16). The van der Waals surface area contributed by atoms with Crippen molar-refractivity contribution in [1.82, 2.24) is 10.2 Å². The fraction of sp³-hybridized carbons (Fsp3) is 0.583. The van der Waals surface area contributed by atoms with Crippen LogP contribution in [-0.4, -0.2) is 16.7 Å². The van der Waals surface area contributed by atoms with Crippen LogP contribution in [-0.2, 0) is 0 Å². The zero-order valence-corrected chi connectivity index (χ0v) is 9.32. The van der Waals surface area contributed by atoms with Crippen molar-refractivity contribution >= 4 is 5.82 Å². The number of aromatic nitrogens is 2. The van der Waals surface area contributed by atoms with Crippen LogP contribution in [0.4, 0.5) is 5.82 Å². The average molecular weight is 216 g/mol. The van der Waals surface area contributed by atoms with E-state index >= 15 is 0 Å². The lowest BCUT2D eigenvalue weighted by molar-refractivity contribution is 0.681. The molecule has 1 aromatic rings. The summed E-state index contributed by atoms with van der Waals surface area (Å²) in [6, 6.07) is 6.09. The summed E-state index contributed by atoms with van der Waals surface area (Å²) in [5.74, 6) is 1.37. The van der Waals surface area contributed by atoms with Gasteiger partial charge in [0.15, 0.2) is 0 Å². The van der Waals surface area contributed by atoms with Crippen molar-refractivity contribution in [2.24, 2.45) is 0 Å². The second-order valence-electron chi connectivity index (χ2n) is 4.16. The smallest absolute Gasteiger partial charge is 0.148 e. The predicted octanol–water partition coefficient (Wildman–Crippen LogP) is 2.46. The third kappa shape index (κ3) is 2.69. The van der Waals surface area contributed by atoms with Crippen LogP contribution < -0.4 is 5.32 Å². The summed E-state index contributed by atoms with van der Waals surface area (Å²) in [6.45, 7) is 0.633. The first-order valence-corrected chi connectivity index (χ1v) is 5.84. The normalized spacial score (nSPS) is 15.9. The van der Waals surface area contributed by atoms with E-state index in [1.165, 1.54) is 25.7 Å². The van der Waals surface area contributed by atoms with Gasteiger partial charge in [-0.3, -0.25) is 0 Å². The molecule has 0 atom stereocenters. The summed E-state index contributed by atoms with van der Waals surface area (Å²) in [6.07, 6.45) is 5.61. The maximum atomic E-state index is 8.41. The van der Waals surface area contributed by atoms with Gasteiger partial charge < -0.3 is 5.32 Å². The molecule has 16 heavy (non-hydrogen) atoms. The molecule has 4 heteroatoms. The van der Waals surface area contributed by atoms with Gasteiger partial charge in [0, 0.05) is 12.5 Å². The topological polar surface area (TPSA) is 61.6 Å². The molecule has 2 rings (SSSR count). The Morgan fingerprint density at radius 3 is 2.75 bits per heavy atom. The van der Waals surface area contributed by atoms with Gasteiger partial charge in [-0.2, -0.15) is 10.4 Å². The number of rotatable bonds is 4. The highest BCUT2D eigenvalue weighted by Crippen LogP contribution is 2.32. The Balaban J connectivity index is 1.91. The van der Waals surface area contributed by atoms with Gasteiger partial charge in [0.2, 0.25) is 0 Å². The first-order valence-electron chi connectivity index (χ1n) is 5.84. The van der Waals surface area contributed by atoms with Crippen LogP contribution in [0.1, 0.15) is 43.7 Å². The molecule has 0 bridgehead atoms. The zero-order valence-electron chi connectivity index (χ0n) is 9.32. The summed E-state index contributed by atoms with van der Waals surface area (Å²) in [5.41, 5.74) is 1.11. The van der Waals surface area contributed by atoms with Crippen LogP contribution in [0.25, 0.3) is 0 Å². The highest BCUT2D eigenvalue weighted by atomic mass is 15.2. The molecule has 1 aromatic heterocycles. The number of nitrogens with zero attached hydrogens (tertiary/aromatic N) is 3. The minimum atomic E-state index is 0.492. The first-order chi connectivity index (χ1) is 7.90. The lowest BCUT2D eigenvalue weighted by atomic mass is 10.0. The van der Waals surface area contributed by atoms with Crippen molar-refractivity contribution in [3.05, 3.63) is 17.8 Å². The summed E-state index contributed by atoms with van der Waals surface area (Å²) < 4.78 is 0. The van der Waals surface area contributed by atoms with Crippen LogP contribution in [0, 0.1) is 11.3 Å². The van der Waals surface area contributed by atoms with Gasteiger partial charge in [-0.1, -0.05) is 12.8 Å². The Kier molecular flexibility index (Phi) is 3.71. The fourth-order valence-electron chi connectivity index (χ4n) is 2.12. The minimum absolute atomic E-state index is 0.492. The summed E-state index contributed by atoms with van der Waals surface area (Å²) in [4.78, 5) is 0. The van der Waals surface area contributed by atoms with E-state index in [2.05, 4.69) is 27.6 Å². The Morgan fingerprint density at radius 2 is 2.12 bits per heavy atom. The molecule has 1 fully saturated rings. The third-order valence-electron chi connectivity index (χ3n) is 3.00. The summed E-state index contributed by atoms with van der Waals surface area (Å²) in [7, 11) is 0. The van der Waals surface area contributed by atoms with Crippen LogP contribution in [0.5, 0.6) is 0 Å². The third-order valence-corrected chi connectivity index (χ3v) is 3.00. The Hall–Kier alpha value is -1.63. The summed E-state index contributed by atoms with van der Waals surface area (Å²) in [5, 5.41) is 19.8. The molecule has 0 spiro atoms. The number of anilines is 1. The van der Waals surface area contributed by atoms with E-state index in [1.807, 2.05) is 6.07 Å². The molecular weight excluding hydrogens is 200 g/mol. The van der Waals surface area contributed by atoms with E-state index in [-0.39, 0.29) is 0 Å². The van der Waals surface area contributed by atoms with Gasteiger partial charge in [-0.05, 0) is 25.0 Å². The Bertz CT molecular complexity index is 360. The number of hydrogen-bond acceptors (Lipinski definition) is 4. The van der Waals surface area contributed by atoms with E-state index in [4.69, 9.17) is 5.26 Å². The first kappa shape index (κ1) is 10.9. The van der Waals surface area contributed by atoms with E-state index in [1.54, 1.807) is 0 Å². The van der Waals surface area contributed by atoms with Gasteiger partial charge >= 0.3 is 0 Å². The van der Waals surface area contributed by atoms with E-state index < -0.39 is 0 Å². The molecule has 1 heterocycles. The van der Waals surface area contributed by atoms with Gasteiger partial charge in [0.1, 0.15) is 5.82 Å². The van der Waals surface area contributed by atoms with Crippen LogP contribution in [0.2, 0.25) is 0 Å². The van der Waals surface area contributed by atoms with Gasteiger partial charge in [-0.25, -0.2) is 0 Å². The van der Waals surface area contributed by atoms with E-state index in [9.17, 15) is 0 Å². The molecule has 0 radical (unpaired) electrons. The highest BCUT2D eigenvalue weighted by Gasteiger charge is 2.18. The SMILES string of the molecule is N#CCCNc1ccc(C2CCCC2)nn1. The molecule has 0 amide bonds. The van der Waals surface area contributed by atoms with Gasteiger partial charge in [-0.15, -0.1) is 5.10 Å². The molecule has 0 unspecified atom stereocenters. The van der Waals surface area contributed by atoms with Crippen molar-refractivity contribution in [2.45, 2.75) is 38.0 Å². The second-order valence-corrected chi connectivity index (χ2v) is 4.16. The number of nitriles is 1. The maximum absolute atomic E-state index is 8.41. The second kappa shape index (κ2) is 5.45. The van der Waals surface area contributed by atoms with Crippen molar-refractivity contribution in [3.63, 3.8) is 0 Å². The van der Waals surface area contributed by atoms with E-state index in [0.29, 0.717) is 18.9 Å². The van der Waals surface area contributed by atoms with Crippen LogP contribution in [0.3, 0.4) is 0 Å². The molecule has 1 aliphatic carbocycles. The number of hydrogen-bond donors (Lipinski definition) is 1. The summed E-state index contributed by atoms with van der Waals surface area (Å²) >= 11 is 0. The lowest BCUT2D eigenvalue weighted by Gasteiger charge is -2.08. The van der Waals surface area contributed by atoms with Crippen LogP contribution >= 0.6 is 0 Å². The number of nitrogens with one attached hydrogen (secondary N) is 1. The fourth-order valence-corrected chi connectivity index (χ4v) is 2.12. The highest BCUT2D eigenvalue weighted by molar-refractivity contribution is 5.33. The molecule has 0 saturated heterocycles. The zero-order chi connectivity index (χ0) is 11.2. The molecule has 0 aromatic carbocycles. The van der Waals surface area contributed by atoms with Gasteiger partial charge in [0.05, 0.1) is 18.2 Å². The largest absolute Gasteiger partial charge is 0.368 e. The van der Waals surface area contributed by atoms with E-state index in [0.717, 1.165) is 11.5 Å². The van der Waals surface area contributed by atoms with Gasteiger partial charge in [0.25, 0.3) is 0 Å². The Labute approximate surface area is 95.7 Å². The lowest BCUT2D eigenvalue weighted by Crippen LogP contribution is -2.05. The molecule has 1 aliphatic rings. The van der Waals surface area contributed by atoms with Crippen molar-refractivity contribution in [1.29, 1.82) is 5.26 Å². The molecule has 84 valence electrons. The quantitative estimate of drug-likeness (QED) is 0.785. The monoisotopic (exact) mass is 216 g/mol. The minimum Gasteiger partial charge on any atom is -0.368 e. The van der Waals surface area contributed by atoms with Crippen LogP contribution in [0.15, 0.2) is 12.1 Å². The molecular formula is C12H16N4. The predicted molar refractivity (Wildman–Crippen MR) is 62.0 cm³/mol. The van der Waals surface area contributed by atoms with Crippen molar-refractivity contribution in [2.75, 3.05) is 11.9 Å². The van der Waals surface area contributed by atoms with Crippen molar-refractivity contribution < 1.29 is 0 Å².